The predicted molar refractivity (Wildman–Crippen MR) is 91.8 cm³/mol. The lowest BCUT2D eigenvalue weighted by Gasteiger charge is -2.34. The molecule has 2 amide bonds. The van der Waals surface area contributed by atoms with Gasteiger partial charge in [0.2, 0.25) is 11.8 Å². The first-order valence-electron chi connectivity index (χ1n) is 8.64. The molecule has 1 aliphatic heterocycles. The summed E-state index contributed by atoms with van der Waals surface area (Å²) in [5.41, 5.74) is 0.886. The van der Waals surface area contributed by atoms with E-state index in [1.807, 2.05) is 37.3 Å². The molecule has 0 aliphatic carbocycles. The smallest absolute Gasteiger partial charge is 0.247 e. The van der Waals surface area contributed by atoms with Gasteiger partial charge in [0.05, 0.1) is 0 Å². The number of piperidine rings is 1. The zero-order valence-corrected chi connectivity index (χ0v) is 14.4. The van der Waals surface area contributed by atoms with Crippen LogP contribution in [0, 0.1) is 5.92 Å². The van der Waals surface area contributed by atoms with E-state index in [0.717, 1.165) is 24.8 Å². The summed E-state index contributed by atoms with van der Waals surface area (Å²) in [6.45, 7) is 6.97. The van der Waals surface area contributed by atoms with Crippen LogP contribution in [0.3, 0.4) is 0 Å². The summed E-state index contributed by atoms with van der Waals surface area (Å²) in [5.74, 6) is 0.536. The second kappa shape index (κ2) is 8.14. The molecule has 1 saturated heterocycles. The summed E-state index contributed by atoms with van der Waals surface area (Å²) < 4.78 is 0. The number of carbonyl (C=O) groups excluding carboxylic acids is 2. The van der Waals surface area contributed by atoms with Crippen LogP contribution in [-0.2, 0) is 9.59 Å². The lowest BCUT2D eigenvalue weighted by molar-refractivity contribution is -0.143. The monoisotopic (exact) mass is 316 g/mol. The number of rotatable bonds is 6. The van der Waals surface area contributed by atoms with Gasteiger partial charge in [0, 0.05) is 19.0 Å². The first-order chi connectivity index (χ1) is 11.0. The second-order valence-corrected chi connectivity index (χ2v) is 6.90. The SMILES string of the molecule is CC(C)CC(C)NC(=O)C(c1ccccc1)N1CCCCC1=O. The molecule has 1 aromatic carbocycles. The third-order valence-corrected chi connectivity index (χ3v) is 4.25. The van der Waals surface area contributed by atoms with Crippen LogP contribution in [-0.4, -0.2) is 29.3 Å². The van der Waals surface area contributed by atoms with Crippen molar-refractivity contribution >= 4 is 11.8 Å². The third-order valence-electron chi connectivity index (χ3n) is 4.25. The first kappa shape index (κ1) is 17.5. The molecule has 2 atom stereocenters. The van der Waals surface area contributed by atoms with Gasteiger partial charge in [0.15, 0.2) is 0 Å². The van der Waals surface area contributed by atoms with Gasteiger partial charge >= 0.3 is 0 Å². The van der Waals surface area contributed by atoms with Gasteiger partial charge in [-0.25, -0.2) is 0 Å². The maximum absolute atomic E-state index is 12.9. The maximum Gasteiger partial charge on any atom is 0.247 e. The van der Waals surface area contributed by atoms with E-state index in [0.29, 0.717) is 18.9 Å². The summed E-state index contributed by atoms with van der Waals surface area (Å²) >= 11 is 0. The number of benzene rings is 1. The molecule has 0 aromatic heterocycles. The van der Waals surface area contributed by atoms with Crippen LogP contribution in [0.15, 0.2) is 30.3 Å². The van der Waals surface area contributed by atoms with Crippen molar-refractivity contribution in [1.82, 2.24) is 10.2 Å². The molecule has 1 N–H and O–H groups in total. The highest BCUT2D eigenvalue weighted by Crippen LogP contribution is 2.26. The van der Waals surface area contributed by atoms with Gasteiger partial charge in [-0.3, -0.25) is 9.59 Å². The van der Waals surface area contributed by atoms with Crippen molar-refractivity contribution in [1.29, 1.82) is 0 Å². The normalized spacial score (nSPS) is 17.9. The molecule has 1 fully saturated rings. The van der Waals surface area contributed by atoms with E-state index in [9.17, 15) is 9.59 Å². The van der Waals surface area contributed by atoms with Crippen molar-refractivity contribution in [2.45, 2.75) is 58.5 Å². The Morgan fingerprint density at radius 2 is 1.87 bits per heavy atom. The van der Waals surface area contributed by atoms with Gasteiger partial charge in [-0.05, 0) is 37.7 Å². The predicted octanol–water partition coefficient (Wildman–Crippen LogP) is 3.29. The molecular weight excluding hydrogens is 288 g/mol. The van der Waals surface area contributed by atoms with E-state index < -0.39 is 6.04 Å². The van der Waals surface area contributed by atoms with Crippen LogP contribution in [0.5, 0.6) is 0 Å². The molecule has 4 nitrogen and oxygen atoms in total. The lowest BCUT2D eigenvalue weighted by Crippen LogP contribution is -2.47. The van der Waals surface area contributed by atoms with Gasteiger partial charge in [0.25, 0.3) is 0 Å². The number of nitrogens with zero attached hydrogens (tertiary/aromatic N) is 1. The van der Waals surface area contributed by atoms with E-state index in [1.165, 1.54) is 0 Å². The van der Waals surface area contributed by atoms with Crippen LogP contribution >= 0.6 is 0 Å². The molecule has 0 spiro atoms. The minimum atomic E-state index is -0.515. The fourth-order valence-electron chi connectivity index (χ4n) is 3.30. The fraction of sp³-hybridized carbons (Fsp3) is 0.579. The number of nitrogens with one attached hydrogen (secondary N) is 1. The molecule has 0 radical (unpaired) electrons. The topological polar surface area (TPSA) is 49.4 Å². The lowest BCUT2D eigenvalue weighted by atomic mass is 9.99. The minimum Gasteiger partial charge on any atom is -0.352 e. The summed E-state index contributed by atoms with van der Waals surface area (Å²) in [6, 6.07) is 9.21. The third kappa shape index (κ3) is 4.81. The molecule has 2 rings (SSSR count). The van der Waals surface area contributed by atoms with E-state index in [2.05, 4.69) is 19.2 Å². The molecule has 1 aliphatic rings. The van der Waals surface area contributed by atoms with Crippen molar-refractivity contribution in [3.63, 3.8) is 0 Å². The summed E-state index contributed by atoms with van der Waals surface area (Å²) in [4.78, 5) is 26.9. The zero-order valence-electron chi connectivity index (χ0n) is 14.4. The number of carbonyl (C=O) groups is 2. The molecule has 4 heteroatoms. The zero-order chi connectivity index (χ0) is 16.8. The van der Waals surface area contributed by atoms with Gasteiger partial charge in [-0.15, -0.1) is 0 Å². The van der Waals surface area contributed by atoms with Crippen molar-refractivity contribution in [2.24, 2.45) is 5.92 Å². The fourth-order valence-corrected chi connectivity index (χ4v) is 3.30. The van der Waals surface area contributed by atoms with Crippen molar-refractivity contribution in [3.05, 3.63) is 35.9 Å². The van der Waals surface area contributed by atoms with E-state index in [1.54, 1.807) is 4.90 Å². The minimum absolute atomic E-state index is 0.0698. The Hall–Kier alpha value is -1.84. The Kier molecular flexibility index (Phi) is 6.20. The van der Waals surface area contributed by atoms with Crippen LogP contribution in [0.4, 0.5) is 0 Å². The maximum atomic E-state index is 12.9. The van der Waals surface area contributed by atoms with Gasteiger partial charge < -0.3 is 10.2 Å². The summed E-state index contributed by atoms with van der Waals surface area (Å²) in [5, 5.41) is 3.09. The van der Waals surface area contributed by atoms with Crippen LogP contribution in [0.2, 0.25) is 0 Å². The molecule has 2 unspecified atom stereocenters. The van der Waals surface area contributed by atoms with Gasteiger partial charge in [0.1, 0.15) is 6.04 Å². The quantitative estimate of drug-likeness (QED) is 0.875. The van der Waals surface area contributed by atoms with Gasteiger partial charge in [-0.2, -0.15) is 0 Å². The van der Waals surface area contributed by atoms with E-state index >= 15 is 0 Å². The average molecular weight is 316 g/mol. The molecular formula is C19H28N2O2. The van der Waals surface area contributed by atoms with Crippen LogP contribution in [0.25, 0.3) is 0 Å². The van der Waals surface area contributed by atoms with Crippen molar-refractivity contribution < 1.29 is 9.59 Å². The molecule has 126 valence electrons. The Morgan fingerprint density at radius 1 is 1.17 bits per heavy atom. The van der Waals surface area contributed by atoms with Crippen molar-refractivity contribution in [3.8, 4) is 0 Å². The Balaban J connectivity index is 2.19. The van der Waals surface area contributed by atoms with E-state index in [-0.39, 0.29) is 17.9 Å². The number of hydrogen-bond donors (Lipinski definition) is 1. The first-order valence-corrected chi connectivity index (χ1v) is 8.64. The van der Waals surface area contributed by atoms with Gasteiger partial charge in [-0.1, -0.05) is 44.2 Å². The van der Waals surface area contributed by atoms with E-state index in [4.69, 9.17) is 0 Å². The number of hydrogen-bond acceptors (Lipinski definition) is 2. The highest BCUT2D eigenvalue weighted by molar-refractivity contribution is 5.89. The Labute approximate surface area is 139 Å². The molecule has 0 bridgehead atoms. The molecule has 1 heterocycles. The Bertz CT molecular complexity index is 527. The highest BCUT2D eigenvalue weighted by atomic mass is 16.2. The number of amides is 2. The Morgan fingerprint density at radius 3 is 2.48 bits per heavy atom. The standard InChI is InChI=1S/C19H28N2O2/c1-14(2)13-15(3)20-19(23)18(16-9-5-4-6-10-16)21-12-8-7-11-17(21)22/h4-6,9-10,14-15,18H,7-8,11-13H2,1-3H3,(H,20,23). The second-order valence-electron chi connectivity index (χ2n) is 6.90. The van der Waals surface area contributed by atoms with Crippen LogP contribution < -0.4 is 5.32 Å². The average Bonchev–Trinajstić information content (AvgIpc) is 2.49. The summed E-state index contributed by atoms with van der Waals surface area (Å²) in [6.07, 6.45) is 3.35. The number of likely N-dealkylation sites (tertiary alicyclic amines) is 1. The van der Waals surface area contributed by atoms with Crippen LogP contribution in [0.1, 0.15) is 58.1 Å². The van der Waals surface area contributed by atoms with Crippen molar-refractivity contribution in [2.75, 3.05) is 6.54 Å². The largest absolute Gasteiger partial charge is 0.352 e. The molecule has 0 saturated carbocycles. The molecule has 23 heavy (non-hydrogen) atoms. The summed E-state index contributed by atoms with van der Waals surface area (Å²) in [7, 11) is 0. The highest BCUT2D eigenvalue weighted by Gasteiger charge is 2.33. The molecule has 1 aromatic rings.